The van der Waals surface area contributed by atoms with Crippen LogP contribution in [-0.2, 0) is 41.3 Å². The largest absolute Gasteiger partial charge is 0.444 e. The monoisotopic (exact) mass is 803 g/mol. The second kappa shape index (κ2) is 13.0. The molecule has 5 aromatic heterocycles. The Hall–Kier alpha value is -5.60. The fourth-order valence-electron chi connectivity index (χ4n) is 9.86. The van der Waals surface area contributed by atoms with Gasteiger partial charge in [0.05, 0.1) is 39.0 Å². The van der Waals surface area contributed by atoms with E-state index in [0.717, 1.165) is 117 Å². The fraction of sp³-hybridized carbons (Fsp3) is 0.395. The molecule has 2 fully saturated rings. The molecule has 0 bridgehead atoms. The maximum Gasteiger partial charge on any atom is 0.410 e. The van der Waals surface area contributed by atoms with Gasteiger partial charge in [0, 0.05) is 85.9 Å². The molecular formula is C43H43ClFN9O4. The van der Waals surface area contributed by atoms with Crippen LogP contribution in [0, 0.1) is 5.95 Å². The van der Waals surface area contributed by atoms with E-state index in [2.05, 4.69) is 47.5 Å². The lowest BCUT2D eigenvalue weighted by molar-refractivity contribution is -0.0113. The zero-order valence-corrected chi connectivity index (χ0v) is 33.5. The molecule has 0 unspecified atom stereocenters. The average Bonchev–Trinajstić information content (AvgIpc) is 3.77. The van der Waals surface area contributed by atoms with Crippen molar-refractivity contribution in [2.75, 3.05) is 46.3 Å². The number of nitrogens with zero attached hydrogens (tertiary/aromatic N) is 5. The van der Waals surface area contributed by atoms with Crippen molar-refractivity contribution in [3.63, 3.8) is 0 Å². The molecule has 9 heterocycles. The minimum absolute atomic E-state index is 0.0216. The van der Waals surface area contributed by atoms with E-state index in [1.807, 2.05) is 45.3 Å². The molecule has 5 aromatic rings. The number of nitrogens with one attached hydrogen (secondary N) is 4. The van der Waals surface area contributed by atoms with E-state index in [1.165, 1.54) is 12.3 Å². The maximum absolute atomic E-state index is 13.2. The molecule has 58 heavy (non-hydrogen) atoms. The molecule has 298 valence electrons. The van der Waals surface area contributed by atoms with Crippen LogP contribution in [0.2, 0.25) is 5.15 Å². The molecule has 0 saturated carbocycles. The lowest BCUT2D eigenvalue weighted by Gasteiger charge is -2.51. The van der Waals surface area contributed by atoms with E-state index in [-0.39, 0.29) is 28.7 Å². The number of carbonyl (C=O) groups is 3. The Bertz CT molecular complexity index is 2560. The fourth-order valence-corrected chi connectivity index (χ4v) is 10.0. The van der Waals surface area contributed by atoms with Gasteiger partial charge in [-0.15, -0.1) is 0 Å². The number of H-pyrrole nitrogens is 2. The number of fused-ring (bicyclic) bond motifs is 12. The van der Waals surface area contributed by atoms with E-state index < -0.39 is 11.5 Å². The first-order valence-electron chi connectivity index (χ1n) is 19.7. The summed E-state index contributed by atoms with van der Waals surface area (Å²) in [4.78, 5) is 61.6. The van der Waals surface area contributed by atoms with Gasteiger partial charge in [-0.1, -0.05) is 11.6 Å². The van der Waals surface area contributed by atoms with Crippen LogP contribution in [-0.4, -0.2) is 105 Å². The molecule has 2 spiro atoms. The van der Waals surface area contributed by atoms with Gasteiger partial charge in [0.15, 0.2) is 0 Å². The van der Waals surface area contributed by atoms with Crippen LogP contribution in [0.5, 0.6) is 0 Å². The van der Waals surface area contributed by atoms with E-state index in [4.69, 9.17) is 16.3 Å². The van der Waals surface area contributed by atoms with Crippen molar-refractivity contribution in [1.29, 1.82) is 0 Å². The van der Waals surface area contributed by atoms with Gasteiger partial charge >= 0.3 is 6.09 Å². The molecule has 3 amide bonds. The zero-order valence-electron chi connectivity index (χ0n) is 32.7. The smallest absolute Gasteiger partial charge is 0.410 e. The molecule has 11 rings (SSSR count). The van der Waals surface area contributed by atoms with Crippen molar-refractivity contribution in [2.24, 2.45) is 0 Å². The number of likely N-dealkylation sites (tertiary alicyclic amines) is 2. The summed E-state index contributed by atoms with van der Waals surface area (Å²) in [5.74, 6) is -0.534. The number of aromatic nitrogens is 5. The molecule has 13 nitrogen and oxygen atoms in total. The highest BCUT2D eigenvalue weighted by atomic mass is 35.5. The van der Waals surface area contributed by atoms with E-state index in [1.54, 1.807) is 11.0 Å². The van der Waals surface area contributed by atoms with E-state index in [9.17, 15) is 18.8 Å². The highest BCUT2D eigenvalue weighted by Crippen LogP contribution is 2.46. The summed E-state index contributed by atoms with van der Waals surface area (Å²) in [5, 5.41) is 6.58. The van der Waals surface area contributed by atoms with Crippen molar-refractivity contribution in [3.8, 4) is 33.8 Å². The minimum atomic E-state index is -0.533. The van der Waals surface area contributed by atoms with Crippen molar-refractivity contribution in [2.45, 2.75) is 62.9 Å². The first kappa shape index (κ1) is 36.7. The first-order chi connectivity index (χ1) is 27.7. The number of halogens is 2. The van der Waals surface area contributed by atoms with Gasteiger partial charge in [-0.2, -0.15) is 4.39 Å². The van der Waals surface area contributed by atoms with Crippen molar-refractivity contribution < 1.29 is 23.5 Å². The number of carbonyl (C=O) groups excluding carboxylic acids is 3. The van der Waals surface area contributed by atoms with Gasteiger partial charge in [0.2, 0.25) is 5.95 Å². The Labute approximate surface area is 339 Å². The van der Waals surface area contributed by atoms with Gasteiger partial charge in [0.25, 0.3) is 11.8 Å². The Morgan fingerprint density at radius 2 is 1.36 bits per heavy atom. The normalized spacial score (nSPS) is 19.1. The van der Waals surface area contributed by atoms with Gasteiger partial charge in [-0.25, -0.2) is 14.8 Å². The van der Waals surface area contributed by atoms with Gasteiger partial charge in [-0.05, 0) is 100 Å². The van der Waals surface area contributed by atoms with Crippen LogP contribution in [0.1, 0.15) is 75.1 Å². The number of hydrogen-bond acceptors (Lipinski definition) is 8. The molecule has 2 aliphatic carbocycles. The minimum Gasteiger partial charge on any atom is -0.444 e. The van der Waals surface area contributed by atoms with Crippen LogP contribution < -0.4 is 10.6 Å². The van der Waals surface area contributed by atoms with Crippen molar-refractivity contribution >= 4 is 29.5 Å². The lowest BCUT2D eigenvalue weighted by Crippen LogP contribution is -2.67. The molecular weight excluding hydrogens is 761 g/mol. The number of amides is 3. The summed E-state index contributed by atoms with van der Waals surface area (Å²) in [6, 6.07) is 6.92. The standard InChI is InChI=1S/C22H20FN5O.C21H23ClN4O3/c1-28-10-22(11-28)9-26-21(29)18-14-4-2-12-7-24-16(13-3-5-17(23)25-8-13)6-15(12)19(14)27-20(18)22;1-20(2,3)29-19(28)26-9-21(10-26)8-24-18(27)15-12-5-4-11-7-23-14(22)6-13(11)16(12)25-17(15)21/h3,5-8,27H,2,4,9-11H2,1H3,(H,26,29);6-7,25H,4-5,8-10H2,1-3H3,(H,24,27). The van der Waals surface area contributed by atoms with Gasteiger partial charge in [0.1, 0.15) is 10.8 Å². The molecule has 2 saturated heterocycles. The highest BCUT2D eigenvalue weighted by Gasteiger charge is 2.54. The molecule has 6 aliphatic rings. The summed E-state index contributed by atoms with van der Waals surface area (Å²) < 4.78 is 18.7. The molecule has 15 heteroatoms. The highest BCUT2D eigenvalue weighted by molar-refractivity contribution is 6.29. The summed E-state index contributed by atoms with van der Waals surface area (Å²) in [5.41, 5.74) is 12.7. The quantitative estimate of drug-likeness (QED) is 0.165. The Morgan fingerprint density at radius 1 is 0.793 bits per heavy atom. The third-order valence-corrected chi connectivity index (χ3v) is 12.7. The second-order valence-corrected chi connectivity index (χ2v) is 18.0. The molecule has 4 N–H and O–H groups in total. The number of hydrogen-bond donors (Lipinski definition) is 4. The maximum atomic E-state index is 13.2. The van der Waals surface area contributed by atoms with Gasteiger partial charge < -0.3 is 35.1 Å². The SMILES string of the molecule is CC(C)(C)OC(=O)N1CC2(CNC(=O)c3c2[nH]c2c3CCc3cnc(Cl)cc3-2)C1.CN1CC2(CNC(=O)c3c2[nH]c2c3CCc3cnc(-c4ccc(F)nc4)cc3-2)C1. The predicted octanol–water partition coefficient (Wildman–Crippen LogP) is 5.36. The number of rotatable bonds is 1. The summed E-state index contributed by atoms with van der Waals surface area (Å²) >= 11 is 6.14. The van der Waals surface area contributed by atoms with Crippen LogP contribution in [0.4, 0.5) is 9.18 Å². The van der Waals surface area contributed by atoms with Crippen LogP contribution in [0.3, 0.4) is 0 Å². The van der Waals surface area contributed by atoms with Crippen LogP contribution >= 0.6 is 11.6 Å². The van der Waals surface area contributed by atoms with Gasteiger partial charge in [-0.3, -0.25) is 14.6 Å². The van der Waals surface area contributed by atoms with Crippen LogP contribution in [0.25, 0.3) is 33.8 Å². The van der Waals surface area contributed by atoms with Crippen LogP contribution in [0.15, 0.2) is 42.9 Å². The predicted molar refractivity (Wildman–Crippen MR) is 214 cm³/mol. The number of pyridine rings is 3. The number of aryl methyl sites for hydroxylation is 2. The summed E-state index contributed by atoms with van der Waals surface area (Å²) in [6.45, 7) is 9.66. The Kier molecular flexibility index (Phi) is 8.20. The lowest BCUT2D eigenvalue weighted by atomic mass is 9.72. The van der Waals surface area contributed by atoms with Crippen molar-refractivity contribution in [3.05, 3.63) is 98.7 Å². The zero-order chi connectivity index (χ0) is 40.3. The average molecular weight is 804 g/mol. The molecule has 0 atom stereocenters. The molecule has 0 radical (unpaired) electrons. The number of ether oxygens (including phenoxy) is 1. The third kappa shape index (κ3) is 5.82. The topological polar surface area (TPSA) is 161 Å². The first-order valence-corrected chi connectivity index (χ1v) is 20.1. The Balaban J connectivity index is 0.000000141. The number of likely N-dealkylation sites (N-methyl/N-ethyl adjacent to an activating group) is 1. The van der Waals surface area contributed by atoms with E-state index in [0.29, 0.717) is 31.3 Å². The molecule has 4 aliphatic heterocycles. The third-order valence-electron chi connectivity index (χ3n) is 12.5. The number of aromatic amines is 2. The summed E-state index contributed by atoms with van der Waals surface area (Å²) in [6.07, 6.45) is 8.15. The Morgan fingerprint density at radius 3 is 1.91 bits per heavy atom. The second-order valence-electron chi connectivity index (χ2n) is 17.7. The molecule has 0 aromatic carbocycles. The van der Waals surface area contributed by atoms with Crippen molar-refractivity contribution in [1.82, 2.24) is 45.4 Å². The summed E-state index contributed by atoms with van der Waals surface area (Å²) in [7, 11) is 2.11. The van der Waals surface area contributed by atoms with E-state index >= 15 is 0 Å².